The van der Waals surface area contributed by atoms with E-state index in [2.05, 4.69) is 53.7 Å². The van der Waals surface area contributed by atoms with Crippen molar-refractivity contribution in [3.8, 4) is 67.5 Å². The van der Waals surface area contributed by atoms with Crippen LogP contribution >= 0.6 is 0 Å². The average Bonchev–Trinajstić information content (AvgIpc) is 3.78. The predicted octanol–water partition coefficient (Wildman–Crippen LogP) is 15.9. The minimum absolute atomic E-state index is 0.0986. The molecule has 2 aromatic heterocycles. The monoisotopic (exact) mass is 845 g/mol. The van der Waals surface area contributed by atoms with Crippen LogP contribution in [0.3, 0.4) is 0 Å². The first-order valence-corrected chi connectivity index (χ1v) is 21.3. The standard InChI is InChI=1S/C59H63N3O/c1-37(2)29-39-21-26-52(48(32-39)41-17-14-13-15-18-41)62-53-20-16-19-47(54(53)61-56(62)49-30-38(3)31-50(55(49)63)59(10,11)12)43-33-44(35-46(34-43)58(7,8)9)51-36-42(27-28-60-51)40-22-24-45(25-23-40)57(4,5)6/h13-28,30-37,63H,29H2,1-12H3/i4D3,5D3,6D3,22D,24D,25D,27D,28D,36D. The molecule has 0 radical (unpaired) electrons. The lowest BCUT2D eigenvalue weighted by Crippen LogP contribution is -2.12. The first-order chi connectivity index (χ1) is 36.0. The summed E-state index contributed by atoms with van der Waals surface area (Å²) in [5.74, 6) is 0.982. The third-order valence-electron chi connectivity index (χ3n) is 11.3. The predicted molar refractivity (Wildman–Crippen MR) is 267 cm³/mol. The highest BCUT2D eigenvalue weighted by molar-refractivity contribution is 5.98. The molecule has 0 atom stereocenters. The topological polar surface area (TPSA) is 50.9 Å². The Balaban J connectivity index is 1.43. The summed E-state index contributed by atoms with van der Waals surface area (Å²) in [6.07, 6.45) is 0.207. The molecule has 63 heavy (non-hydrogen) atoms. The van der Waals surface area contributed by atoms with E-state index in [9.17, 15) is 6.48 Å². The van der Waals surface area contributed by atoms with Crippen LogP contribution in [0.5, 0.6) is 5.75 Å². The molecule has 0 aliphatic carbocycles. The molecular formula is C59H63N3O. The average molecular weight is 845 g/mol. The maximum atomic E-state index is 12.4. The molecule has 320 valence electrons. The fraction of sp³-hybridized carbons (Fsp3) is 0.288. The Bertz CT molecular complexity index is 3620. The molecule has 0 spiro atoms. The summed E-state index contributed by atoms with van der Waals surface area (Å²) in [7, 11) is 0. The van der Waals surface area contributed by atoms with Gasteiger partial charge in [-0.25, -0.2) is 4.98 Å². The molecule has 8 rings (SSSR count). The van der Waals surface area contributed by atoms with E-state index in [0.717, 1.165) is 51.6 Å². The van der Waals surface area contributed by atoms with Crippen LogP contribution in [-0.4, -0.2) is 19.6 Å². The minimum atomic E-state index is -3.83. The number of benzene rings is 6. The molecule has 6 aromatic carbocycles. The molecule has 2 heterocycles. The molecule has 0 aliphatic heterocycles. The van der Waals surface area contributed by atoms with Gasteiger partial charge in [0.25, 0.3) is 0 Å². The van der Waals surface area contributed by atoms with Crippen molar-refractivity contribution >= 4 is 11.0 Å². The number of pyridine rings is 1. The van der Waals surface area contributed by atoms with Crippen molar-refractivity contribution < 1.29 is 25.7 Å². The number of rotatable bonds is 8. The quantitative estimate of drug-likeness (QED) is 0.166. The van der Waals surface area contributed by atoms with E-state index in [1.807, 2.05) is 103 Å². The molecule has 1 N–H and O–H groups in total. The maximum Gasteiger partial charge on any atom is 0.149 e. The van der Waals surface area contributed by atoms with Crippen LogP contribution in [0, 0.1) is 12.8 Å². The number of hydrogen-bond donors (Lipinski definition) is 1. The van der Waals surface area contributed by atoms with Crippen molar-refractivity contribution in [3.05, 3.63) is 167 Å². The Labute approximate surface area is 396 Å². The van der Waals surface area contributed by atoms with Crippen LogP contribution in [0.1, 0.15) is 124 Å². The summed E-state index contributed by atoms with van der Waals surface area (Å²) >= 11 is 0. The van der Waals surface area contributed by atoms with Gasteiger partial charge in [0.15, 0.2) is 0 Å². The Hall–Kier alpha value is -6.26. The summed E-state index contributed by atoms with van der Waals surface area (Å²) in [5.41, 5.74) is 2.84. The molecule has 0 unspecified atom stereocenters. The second kappa shape index (κ2) is 16.5. The fourth-order valence-electron chi connectivity index (χ4n) is 8.13. The SMILES string of the molecule is [2H]c1cc(-c2c([2H])c([2H])nc(-c3cc(-c4cccc5c4nc(-c4cc(C)cc(C(C)(C)C)c4O)n5-c4ccc(CC(C)C)cc4-c4ccccc4)cc(C(C)(C)C)c3)c2[2H])c([2H])c([2H])c1C(C([2H])([2H])[2H])(C([2H])([2H])[2H])C([2H])([2H])[2H]. The number of aromatic hydroxyl groups is 1. The summed E-state index contributed by atoms with van der Waals surface area (Å²) in [6.45, 7) is 7.03. The highest BCUT2D eigenvalue weighted by atomic mass is 16.3. The smallest absolute Gasteiger partial charge is 0.149 e. The van der Waals surface area contributed by atoms with Gasteiger partial charge in [0.05, 0.1) is 36.2 Å². The second-order valence-electron chi connectivity index (χ2n) is 19.0. The van der Waals surface area contributed by atoms with E-state index in [0.29, 0.717) is 45.0 Å². The summed E-state index contributed by atoms with van der Waals surface area (Å²) in [4.78, 5) is 9.94. The summed E-state index contributed by atoms with van der Waals surface area (Å²) in [5, 5.41) is 12.4. The van der Waals surface area contributed by atoms with E-state index in [1.54, 1.807) is 12.1 Å². The van der Waals surface area contributed by atoms with Crippen LogP contribution in [0.4, 0.5) is 0 Å². The number of aryl methyl sites for hydroxylation is 1. The van der Waals surface area contributed by atoms with Gasteiger partial charge in [0.2, 0.25) is 0 Å². The lowest BCUT2D eigenvalue weighted by molar-refractivity contribution is 0.448. The highest BCUT2D eigenvalue weighted by Crippen LogP contribution is 2.45. The normalized spacial score (nSPS) is 16.4. The van der Waals surface area contributed by atoms with E-state index >= 15 is 0 Å². The van der Waals surface area contributed by atoms with Gasteiger partial charge in [-0.2, -0.15) is 0 Å². The molecule has 0 amide bonds. The number of nitrogens with zero attached hydrogens (tertiary/aromatic N) is 3. The largest absolute Gasteiger partial charge is 0.507 e. The van der Waals surface area contributed by atoms with Crippen LogP contribution < -0.4 is 0 Å². The molecular weight excluding hydrogens is 767 g/mol. The van der Waals surface area contributed by atoms with Crippen LogP contribution in [-0.2, 0) is 22.7 Å². The van der Waals surface area contributed by atoms with Gasteiger partial charge in [-0.05, 0) is 128 Å². The maximum absolute atomic E-state index is 12.4. The molecule has 4 nitrogen and oxygen atoms in total. The number of phenols is 1. The van der Waals surface area contributed by atoms with Gasteiger partial charge in [0, 0.05) is 40.8 Å². The van der Waals surface area contributed by atoms with Crippen molar-refractivity contribution in [3.63, 3.8) is 0 Å². The van der Waals surface area contributed by atoms with Gasteiger partial charge in [0.1, 0.15) is 11.6 Å². The summed E-state index contributed by atoms with van der Waals surface area (Å²) < 4.78 is 131. The van der Waals surface area contributed by atoms with Gasteiger partial charge >= 0.3 is 0 Å². The molecule has 0 fully saturated rings. The zero-order chi connectivity index (χ0) is 57.7. The molecule has 8 aromatic rings. The highest BCUT2D eigenvalue weighted by Gasteiger charge is 2.27. The Morgan fingerprint density at radius 2 is 1.41 bits per heavy atom. The Morgan fingerprint density at radius 1 is 0.651 bits per heavy atom. The van der Waals surface area contributed by atoms with Crippen molar-refractivity contribution in [1.82, 2.24) is 14.5 Å². The number of para-hydroxylation sites is 1. The van der Waals surface area contributed by atoms with Crippen LogP contribution in [0.15, 0.2) is 140 Å². The molecule has 0 bridgehead atoms. The first-order valence-electron chi connectivity index (χ1n) is 28.8. The van der Waals surface area contributed by atoms with Crippen molar-refractivity contribution in [2.45, 2.75) is 106 Å². The third-order valence-corrected chi connectivity index (χ3v) is 11.3. The van der Waals surface area contributed by atoms with E-state index < -0.39 is 89.9 Å². The van der Waals surface area contributed by atoms with E-state index in [4.69, 9.17) is 24.2 Å². The zero-order valence-corrected chi connectivity index (χ0v) is 37.4. The first kappa shape index (κ1) is 28.4. The Morgan fingerprint density at radius 3 is 2.13 bits per heavy atom. The van der Waals surface area contributed by atoms with Gasteiger partial charge in [-0.15, -0.1) is 0 Å². The number of phenolic OH excluding ortho intramolecular Hbond substituents is 1. The van der Waals surface area contributed by atoms with Gasteiger partial charge in [-0.1, -0.05) is 161 Å². The molecule has 4 heteroatoms. The molecule has 0 saturated heterocycles. The zero-order valence-electron chi connectivity index (χ0n) is 52.4. The molecule has 0 aliphatic rings. The van der Waals surface area contributed by atoms with E-state index in [1.165, 1.54) is 0 Å². The van der Waals surface area contributed by atoms with Crippen molar-refractivity contribution in [2.24, 2.45) is 5.92 Å². The lowest BCUT2D eigenvalue weighted by atomic mass is 9.83. The van der Waals surface area contributed by atoms with Crippen molar-refractivity contribution in [1.29, 1.82) is 0 Å². The number of aromatic nitrogens is 3. The van der Waals surface area contributed by atoms with Crippen LogP contribution in [0.25, 0.3) is 72.7 Å². The summed E-state index contributed by atoms with van der Waals surface area (Å²) in [6, 6.07) is 28.4. The van der Waals surface area contributed by atoms with Gasteiger partial charge < -0.3 is 5.11 Å². The number of hydrogen-bond acceptors (Lipinski definition) is 3. The fourth-order valence-corrected chi connectivity index (χ4v) is 8.13. The second-order valence-corrected chi connectivity index (χ2v) is 19.0. The minimum Gasteiger partial charge on any atom is -0.507 e. The van der Waals surface area contributed by atoms with Crippen molar-refractivity contribution in [2.75, 3.05) is 0 Å². The lowest BCUT2D eigenvalue weighted by Gasteiger charge is -2.23. The van der Waals surface area contributed by atoms with E-state index in [-0.39, 0.29) is 11.4 Å². The van der Waals surface area contributed by atoms with Gasteiger partial charge in [-0.3, -0.25) is 9.55 Å². The number of fused-ring (bicyclic) bond motifs is 1. The Kier molecular flexibility index (Phi) is 7.43. The third kappa shape index (κ3) is 8.87. The molecule has 0 saturated carbocycles. The number of imidazole rings is 1. The van der Waals surface area contributed by atoms with Crippen LogP contribution in [0.2, 0.25) is 0 Å².